The summed E-state index contributed by atoms with van der Waals surface area (Å²) >= 11 is 10.6. The van der Waals surface area contributed by atoms with Gasteiger partial charge in [-0.3, -0.25) is 0 Å². The van der Waals surface area contributed by atoms with Crippen LogP contribution >= 0.6 is 24.2 Å². The molecule has 0 atom stereocenters. The molecular formula is C15H21BClNO2S. The van der Waals surface area contributed by atoms with Crippen molar-refractivity contribution in [2.24, 2.45) is 0 Å². The fraction of sp³-hybridized carbons (Fsp3) is 0.533. The summed E-state index contributed by atoms with van der Waals surface area (Å²) in [6.07, 6.45) is 3.67. The number of aromatic nitrogens is 1. The van der Waals surface area contributed by atoms with Crippen LogP contribution in [0.2, 0.25) is 5.15 Å². The van der Waals surface area contributed by atoms with E-state index in [9.17, 15) is 0 Å². The lowest BCUT2D eigenvalue weighted by molar-refractivity contribution is 0.00578. The maximum absolute atomic E-state index is 6.19. The van der Waals surface area contributed by atoms with Gasteiger partial charge in [-0.2, -0.15) is 12.6 Å². The molecule has 0 unspecified atom stereocenters. The van der Waals surface area contributed by atoms with E-state index in [1.54, 1.807) is 6.20 Å². The molecule has 0 aliphatic carbocycles. The summed E-state index contributed by atoms with van der Waals surface area (Å²) in [7, 11) is -0.414. The van der Waals surface area contributed by atoms with Gasteiger partial charge in [0.1, 0.15) is 5.15 Å². The van der Waals surface area contributed by atoms with Crippen molar-refractivity contribution in [3.8, 4) is 0 Å². The molecule has 3 nitrogen and oxygen atoms in total. The highest BCUT2D eigenvalue weighted by Gasteiger charge is 2.52. The third kappa shape index (κ3) is 3.31. The second-order valence-electron chi connectivity index (χ2n) is 6.30. The van der Waals surface area contributed by atoms with E-state index in [1.165, 1.54) is 0 Å². The van der Waals surface area contributed by atoms with Gasteiger partial charge in [-0.1, -0.05) is 17.7 Å². The number of rotatable bonds is 3. The van der Waals surface area contributed by atoms with E-state index in [-0.39, 0.29) is 11.2 Å². The largest absolute Gasteiger partial charge is 0.491 e. The summed E-state index contributed by atoms with van der Waals surface area (Å²) < 4.78 is 12.1. The zero-order chi connectivity index (χ0) is 15.8. The van der Waals surface area contributed by atoms with Gasteiger partial charge in [-0.15, -0.1) is 0 Å². The normalized spacial score (nSPS) is 20.9. The van der Waals surface area contributed by atoms with Crippen LogP contribution in [0, 0.1) is 6.92 Å². The summed E-state index contributed by atoms with van der Waals surface area (Å²) in [6.45, 7) is 10.1. The van der Waals surface area contributed by atoms with E-state index in [0.29, 0.717) is 10.9 Å². The van der Waals surface area contributed by atoms with Crippen LogP contribution < -0.4 is 0 Å². The number of pyridine rings is 1. The Hall–Kier alpha value is -0.485. The second kappa shape index (κ2) is 5.96. The maximum Gasteiger partial charge on any atom is 0.491 e. The molecule has 114 valence electrons. The zero-order valence-corrected chi connectivity index (χ0v) is 14.8. The monoisotopic (exact) mass is 325 g/mol. The summed E-state index contributed by atoms with van der Waals surface area (Å²) in [5, 5.41) is 0.478. The molecule has 2 heterocycles. The van der Waals surface area contributed by atoms with Crippen molar-refractivity contribution in [1.82, 2.24) is 4.98 Å². The highest BCUT2D eigenvalue weighted by atomic mass is 35.5. The maximum atomic E-state index is 6.19. The first-order valence-electron chi connectivity index (χ1n) is 6.96. The van der Waals surface area contributed by atoms with E-state index in [4.69, 9.17) is 20.9 Å². The molecule has 1 aliphatic rings. The molecular weight excluding hydrogens is 305 g/mol. The lowest BCUT2D eigenvalue weighted by Gasteiger charge is -2.32. The first-order valence-corrected chi connectivity index (χ1v) is 7.97. The topological polar surface area (TPSA) is 31.4 Å². The Labute approximate surface area is 137 Å². The number of halogens is 1. The van der Waals surface area contributed by atoms with Crippen molar-refractivity contribution < 1.29 is 9.31 Å². The Morgan fingerprint density at radius 1 is 1.33 bits per heavy atom. The van der Waals surface area contributed by atoms with Crippen LogP contribution in [-0.2, 0) is 9.31 Å². The average Bonchev–Trinajstić information content (AvgIpc) is 2.58. The van der Waals surface area contributed by atoms with E-state index in [2.05, 4.69) is 17.6 Å². The standard InChI is InChI=1S/C15H21BClNO2S/c1-10-6-7-18-13(17)12(10)8-11(9-21)16-19-14(2,3)15(4,5)20-16/h6-8,21H,9H2,1-5H3. The first-order chi connectivity index (χ1) is 9.68. The van der Waals surface area contributed by atoms with Gasteiger partial charge in [0.15, 0.2) is 0 Å². The molecule has 6 heteroatoms. The van der Waals surface area contributed by atoms with Gasteiger partial charge in [-0.05, 0) is 51.7 Å². The molecule has 1 saturated heterocycles. The quantitative estimate of drug-likeness (QED) is 0.518. The molecule has 0 amide bonds. The zero-order valence-electron chi connectivity index (χ0n) is 13.1. The van der Waals surface area contributed by atoms with E-state index in [1.807, 2.05) is 46.8 Å². The molecule has 0 radical (unpaired) electrons. The number of nitrogens with zero attached hydrogens (tertiary/aromatic N) is 1. The molecule has 1 aromatic heterocycles. The van der Waals surface area contributed by atoms with Crippen LogP contribution in [0.25, 0.3) is 6.08 Å². The molecule has 1 fully saturated rings. The van der Waals surface area contributed by atoms with Gasteiger partial charge in [0.05, 0.1) is 11.2 Å². The van der Waals surface area contributed by atoms with Crippen molar-refractivity contribution in [3.05, 3.63) is 34.0 Å². The first kappa shape index (κ1) is 16.9. The molecule has 0 bridgehead atoms. The molecule has 0 saturated carbocycles. The minimum absolute atomic E-state index is 0.368. The molecule has 0 spiro atoms. The summed E-state index contributed by atoms with van der Waals surface area (Å²) in [5.41, 5.74) is 2.15. The van der Waals surface area contributed by atoms with Crippen molar-refractivity contribution in [1.29, 1.82) is 0 Å². The lowest BCUT2D eigenvalue weighted by atomic mass is 9.78. The molecule has 21 heavy (non-hydrogen) atoms. The van der Waals surface area contributed by atoms with Crippen molar-refractivity contribution in [2.45, 2.75) is 45.8 Å². The number of hydrogen-bond acceptors (Lipinski definition) is 4. The Bertz CT molecular complexity index is 539. The van der Waals surface area contributed by atoms with Crippen LogP contribution in [0.3, 0.4) is 0 Å². The van der Waals surface area contributed by atoms with Gasteiger partial charge in [0, 0.05) is 17.5 Å². The van der Waals surface area contributed by atoms with Gasteiger partial charge < -0.3 is 9.31 Å². The predicted molar refractivity (Wildman–Crippen MR) is 91.9 cm³/mol. The fourth-order valence-corrected chi connectivity index (χ4v) is 2.58. The predicted octanol–water partition coefficient (Wildman–Crippen LogP) is 3.99. The number of hydrogen-bond donors (Lipinski definition) is 1. The highest BCUT2D eigenvalue weighted by molar-refractivity contribution is 7.80. The molecule has 2 rings (SSSR count). The average molecular weight is 326 g/mol. The highest BCUT2D eigenvalue weighted by Crippen LogP contribution is 2.39. The van der Waals surface area contributed by atoms with Crippen LogP contribution in [-0.4, -0.2) is 29.1 Å². The van der Waals surface area contributed by atoms with Crippen LogP contribution in [0.5, 0.6) is 0 Å². The van der Waals surface area contributed by atoms with Crippen LogP contribution in [0.15, 0.2) is 17.7 Å². The second-order valence-corrected chi connectivity index (χ2v) is 6.97. The molecule has 1 aliphatic heterocycles. The Morgan fingerprint density at radius 2 is 1.90 bits per heavy atom. The summed E-state index contributed by atoms with van der Waals surface area (Å²) in [6, 6.07) is 1.93. The third-order valence-corrected chi connectivity index (χ3v) is 4.89. The van der Waals surface area contributed by atoms with E-state index in [0.717, 1.165) is 16.6 Å². The van der Waals surface area contributed by atoms with Crippen molar-refractivity contribution in [2.75, 3.05) is 5.75 Å². The third-order valence-electron chi connectivity index (χ3n) is 4.23. The minimum atomic E-state index is -0.414. The Morgan fingerprint density at radius 3 is 2.38 bits per heavy atom. The van der Waals surface area contributed by atoms with Gasteiger partial charge in [-0.25, -0.2) is 4.98 Å². The summed E-state index contributed by atoms with van der Waals surface area (Å²) in [5.74, 6) is 0.529. The smallest absolute Gasteiger partial charge is 0.400 e. The molecule has 1 aromatic rings. The Balaban J connectivity index is 2.36. The van der Waals surface area contributed by atoms with Crippen LogP contribution in [0.1, 0.15) is 38.8 Å². The van der Waals surface area contributed by atoms with Gasteiger partial charge >= 0.3 is 7.12 Å². The van der Waals surface area contributed by atoms with Crippen molar-refractivity contribution in [3.63, 3.8) is 0 Å². The lowest BCUT2D eigenvalue weighted by Crippen LogP contribution is -2.41. The Kier molecular flexibility index (Phi) is 4.79. The molecule has 0 aromatic carbocycles. The number of aryl methyl sites for hydroxylation is 1. The summed E-state index contributed by atoms with van der Waals surface area (Å²) in [4.78, 5) is 4.13. The van der Waals surface area contributed by atoms with Gasteiger partial charge in [0.25, 0.3) is 0 Å². The fourth-order valence-electron chi connectivity index (χ4n) is 2.08. The number of thiol groups is 1. The van der Waals surface area contributed by atoms with E-state index < -0.39 is 7.12 Å². The minimum Gasteiger partial charge on any atom is -0.400 e. The van der Waals surface area contributed by atoms with Crippen molar-refractivity contribution >= 4 is 37.4 Å². The molecule has 0 N–H and O–H groups in total. The SMILES string of the molecule is Cc1ccnc(Cl)c1C=C(CS)B1OC(C)(C)C(C)(C)O1. The van der Waals surface area contributed by atoms with E-state index >= 15 is 0 Å². The van der Waals surface area contributed by atoms with Crippen LogP contribution in [0.4, 0.5) is 0 Å². The van der Waals surface area contributed by atoms with Gasteiger partial charge in [0.2, 0.25) is 0 Å².